The molecule has 142 valence electrons. The van der Waals surface area contributed by atoms with Crippen LogP contribution in [0.1, 0.15) is 36.1 Å². The van der Waals surface area contributed by atoms with Gasteiger partial charge in [-0.15, -0.1) is 0 Å². The number of nitrogens with zero attached hydrogens (tertiary/aromatic N) is 2. The van der Waals surface area contributed by atoms with Gasteiger partial charge in [-0.1, -0.05) is 32.0 Å². The van der Waals surface area contributed by atoms with E-state index < -0.39 is 0 Å². The molecule has 0 aliphatic heterocycles. The molecular weight excluding hydrogens is 348 g/mol. The van der Waals surface area contributed by atoms with E-state index in [0.29, 0.717) is 11.1 Å². The summed E-state index contributed by atoms with van der Waals surface area (Å²) >= 11 is 0. The SMILES string of the molecule is CCc1ccc(O)c(C=Nc2cccc(N=Cc3cc(CC)ccc3O)c2)c1. The molecule has 0 unspecified atom stereocenters. The fourth-order valence-corrected chi connectivity index (χ4v) is 2.80. The third kappa shape index (κ3) is 4.86. The van der Waals surface area contributed by atoms with Crippen molar-refractivity contribution in [3.8, 4) is 11.5 Å². The number of rotatable bonds is 6. The van der Waals surface area contributed by atoms with Crippen LogP contribution in [0.25, 0.3) is 0 Å². The largest absolute Gasteiger partial charge is 0.507 e. The average Bonchev–Trinajstić information content (AvgIpc) is 2.73. The summed E-state index contributed by atoms with van der Waals surface area (Å²) < 4.78 is 0. The lowest BCUT2D eigenvalue weighted by molar-refractivity contribution is 0.473. The molecule has 4 heteroatoms. The van der Waals surface area contributed by atoms with Gasteiger partial charge in [-0.25, -0.2) is 0 Å². The molecule has 0 radical (unpaired) electrons. The lowest BCUT2D eigenvalue weighted by Crippen LogP contribution is -1.87. The van der Waals surface area contributed by atoms with E-state index >= 15 is 0 Å². The molecule has 0 saturated heterocycles. The first-order valence-electron chi connectivity index (χ1n) is 9.41. The molecule has 0 aliphatic carbocycles. The summed E-state index contributed by atoms with van der Waals surface area (Å²) in [6.07, 6.45) is 5.12. The highest BCUT2D eigenvalue weighted by Crippen LogP contribution is 2.23. The van der Waals surface area contributed by atoms with Crippen LogP contribution in [0.4, 0.5) is 11.4 Å². The summed E-state index contributed by atoms with van der Waals surface area (Å²) in [5.41, 5.74) is 5.15. The fourth-order valence-electron chi connectivity index (χ4n) is 2.80. The van der Waals surface area contributed by atoms with Crippen molar-refractivity contribution in [1.29, 1.82) is 0 Å². The van der Waals surface area contributed by atoms with Gasteiger partial charge in [-0.2, -0.15) is 0 Å². The summed E-state index contributed by atoms with van der Waals surface area (Å²) in [5, 5.41) is 20.0. The van der Waals surface area contributed by atoms with Gasteiger partial charge in [0.15, 0.2) is 0 Å². The standard InChI is InChI=1S/C24H24N2O2/c1-3-17-8-10-23(27)19(12-17)15-25-21-6-5-7-22(14-21)26-16-20-13-18(4-2)9-11-24(20)28/h5-16,27-28H,3-4H2,1-2H3. The first-order valence-corrected chi connectivity index (χ1v) is 9.41. The second kappa shape index (κ2) is 9.00. The van der Waals surface area contributed by atoms with Crippen molar-refractivity contribution in [2.75, 3.05) is 0 Å². The second-order valence-corrected chi connectivity index (χ2v) is 6.53. The van der Waals surface area contributed by atoms with E-state index in [0.717, 1.165) is 35.3 Å². The molecule has 0 aromatic heterocycles. The first kappa shape index (κ1) is 19.4. The maximum absolute atomic E-state index is 10.0. The van der Waals surface area contributed by atoms with Crippen molar-refractivity contribution < 1.29 is 10.2 Å². The van der Waals surface area contributed by atoms with Gasteiger partial charge in [0.1, 0.15) is 11.5 Å². The lowest BCUT2D eigenvalue weighted by atomic mass is 10.1. The number of phenols is 2. The number of aromatic hydroxyl groups is 2. The van der Waals surface area contributed by atoms with Gasteiger partial charge in [-0.3, -0.25) is 9.98 Å². The Labute approximate surface area is 165 Å². The van der Waals surface area contributed by atoms with Crippen molar-refractivity contribution in [2.45, 2.75) is 26.7 Å². The van der Waals surface area contributed by atoms with Crippen LogP contribution < -0.4 is 0 Å². The Morgan fingerprint density at radius 2 is 1.14 bits per heavy atom. The van der Waals surface area contributed by atoms with Crippen molar-refractivity contribution in [2.24, 2.45) is 9.98 Å². The molecule has 0 fully saturated rings. The van der Waals surface area contributed by atoms with Gasteiger partial charge in [0, 0.05) is 23.6 Å². The summed E-state index contributed by atoms with van der Waals surface area (Å²) in [5.74, 6) is 0.419. The van der Waals surface area contributed by atoms with E-state index in [9.17, 15) is 10.2 Å². The third-order valence-electron chi connectivity index (χ3n) is 4.54. The predicted octanol–water partition coefficient (Wildman–Crippen LogP) is 5.72. The minimum atomic E-state index is 0.210. The molecule has 0 bridgehead atoms. The van der Waals surface area contributed by atoms with Crippen LogP contribution in [0.5, 0.6) is 11.5 Å². The molecule has 0 amide bonds. The zero-order valence-electron chi connectivity index (χ0n) is 16.1. The van der Waals surface area contributed by atoms with E-state index in [-0.39, 0.29) is 11.5 Å². The first-order chi connectivity index (χ1) is 13.6. The normalized spacial score (nSPS) is 11.5. The Hall–Kier alpha value is -3.40. The molecule has 0 atom stereocenters. The minimum absolute atomic E-state index is 0.210. The quantitative estimate of drug-likeness (QED) is 0.543. The molecule has 3 aromatic rings. The molecule has 0 aliphatic rings. The van der Waals surface area contributed by atoms with Crippen LogP contribution in [0, 0.1) is 0 Å². The fraction of sp³-hybridized carbons (Fsp3) is 0.167. The van der Waals surface area contributed by atoms with Gasteiger partial charge in [0.25, 0.3) is 0 Å². The highest BCUT2D eigenvalue weighted by molar-refractivity contribution is 5.87. The molecule has 0 heterocycles. The minimum Gasteiger partial charge on any atom is -0.507 e. The zero-order valence-corrected chi connectivity index (χ0v) is 16.1. The Balaban J connectivity index is 1.81. The molecule has 4 nitrogen and oxygen atoms in total. The summed E-state index contributed by atoms with van der Waals surface area (Å²) in [7, 11) is 0. The topological polar surface area (TPSA) is 65.2 Å². The Morgan fingerprint density at radius 1 is 0.679 bits per heavy atom. The van der Waals surface area contributed by atoms with Crippen LogP contribution in [-0.4, -0.2) is 22.6 Å². The Bertz CT molecular complexity index is 944. The maximum atomic E-state index is 10.0. The number of benzene rings is 3. The molecule has 28 heavy (non-hydrogen) atoms. The van der Waals surface area contributed by atoms with E-state index in [1.807, 2.05) is 48.5 Å². The number of aliphatic imine (C=N–C) groups is 2. The van der Waals surface area contributed by atoms with Gasteiger partial charge >= 0.3 is 0 Å². The van der Waals surface area contributed by atoms with Crippen LogP contribution in [0.2, 0.25) is 0 Å². The van der Waals surface area contributed by atoms with Gasteiger partial charge in [0.05, 0.1) is 11.4 Å². The van der Waals surface area contributed by atoms with Crippen LogP contribution in [0.15, 0.2) is 70.6 Å². The number of aryl methyl sites for hydroxylation is 2. The zero-order chi connectivity index (χ0) is 19.9. The van der Waals surface area contributed by atoms with Crippen molar-refractivity contribution in [3.63, 3.8) is 0 Å². The molecule has 0 spiro atoms. The Morgan fingerprint density at radius 3 is 1.57 bits per heavy atom. The van der Waals surface area contributed by atoms with Crippen molar-refractivity contribution >= 4 is 23.8 Å². The van der Waals surface area contributed by atoms with Crippen molar-refractivity contribution in [1.82, 2.24) is 0 Å². The lowest BCUT2D eigenvalue weighted by Gasteiger charge is -2.03. The summed E-state index contributed by atoms with van der Waals surface area (Å²) in [6, 6.07) is 18.6. The number of phenolic OH excluding ortho intramolecular Hbond substituents is 2. The van der Waals surface area contributed by atoms with E-state index in [4.69, 9.17) is 0 Å². The number of hydrogen-bond donors (Lipinski definition) is 2. The van der Waals surface area contributed by atoms with E-state index in [1.54, 1.807) is 24.6 Å². The highest BCUT2D eigenvalue weighted by Gasteiger charge is 2.01. The van der Waals surface area contributed by atoms with E-state index in [1.165, 1.54) is 0 Å². The van der Waals surface area contributed by atoms with Crippen molar-refractivity contribution in [3.05, 3.63) is 82.9 Å². The predicted molar refractivity (Wildman–Crippen MR) is 116 cm³/mol. The molecule has 3 aromatic carbocycles. The van der Waals surface area contributed by atoms with Crippen LogP contribution in [0.3, 0.4) is 0 Å². The smallest absolute Gasteiger partial charge is 0.124 e. The average molecular weight is 372 g/mol. The summed E-state index contributed by atoms with van der Waals surface area (Å²) in [4.78, 5) is 8.93. The van der Waals surface area contributed by atoms with Gasteiger partial charge in [0.2, 0.25) is 0 Å². The summed E-state index contributed by atoms with van der Waals surface area (Å²) in [6.45, 7) is 4.14. The maximum Gasteiger partial charge on any atom is 0.124 e. The molecular formula is C24H24N2O2. The van der Waals surface area contributed by atoms with Gasteiger partial charge in [-0.05, 0) is 66.4 Å². The highest BCUT2D eigenvalue weighted by atomic mass is 16.3. The molecule has 2 N–H and O–H groups in total. The van der Waals surface area contributed by atoms with Crippen LogP contribution in [-0.2, 0) is 12.8 Å². The molecule has 3 rings (SSSR count). The third-order valence-corrected chi connectivity index (χ3v) is 4.54. The second-order valence-electron chi connectivity index (χ2n) is 6.53. The van der Waals surface area contributed by atoms with E-state index in [2.05, 4.69) is 23.8 Å². The van der Waals surface area contributed by atoms with Gasteiger partial charge < -0.3 is 10.2 Å². The monoisotopic (exact) mass is 372 g/mol. The Kier molecular flexibility index (Phi) is 6.22. The molecule has 0 saturated carbocycles. The number of hydrogen-bond acceptors (Lipinski definition) is 4. The van der Waals surface area contributed by atoms with Crippen LogP contribution >= 0.6 is 0 Å².